The van der Waals surface area contributed by atoms with E-state index >= 15 is 0 Å². The van der Waals surface area contributed by atoms with Crippen LogP contribution in [0.4, 0.5) is 0 Å². The van der Waals surface area contributed by atoms with Crippen molar-refractivity contribution in [3.63, 3.8) is 0 Å². The monoisotopic (exact) mass is 225 g/mol. The normalized spacial score (nSPS) is 11.8. The van der Waals surface area contributed by atoms with Crippen molar-refractivity contribution in [1.29, 1.82) is 0 Å². The zero-order chi connectivity index (χ0) is 11.3. The van der Waals surface area contributed by atoms with E-state index in [0.717, 1.165) is 0 Å². The molecular formula is C10H9O4S-. The number of hydrogen-bond donors (Lipinski definition) is 0. The fourth-order valence-corrected chi connectivity index (χ4v) is 1.36. The van der Waals surface area contributed by atoms with Gasteiger partial charge >= 0.3 is 5.97 Å². The quantitative estimate of drug-likeness (QED) is 0.439. The van der Waals surface area contributed by atoms with Gasteiger partial charge in [-0.05, 0) is 29.3 Å². The van der Waals surface area contributed by atoms with Crippen molar-refractivity contribution < 1.29 is 18.3 Å². The molecule has 1 rings (SSSR count). The molecule has 0 radical (unpaired) electrons. The molecule has 0 heterocycles. The summed E-state index contributed by atoms with van der Waals surface area (Å²) in [6.07, 6.45) is 1.44. The number of esters is 1. The Kier molecular flexibility index (Phi) is 4.20. The SMILES string of the molecule is C=CCOC(=O)c1cccc(S(=O)[O-])c1. The zero-order valence-corrected chi connectivity index (χ0v) is 8.66. The Hall–Kier alpha value is -1.46. The molecule has 1 unspecified atom stereocenters. The number of benzene rings is 1. The van der Waals surface area contributed by atoms with Crippen LogP contribution < -0.4 is 0 Å². The van der Waals surface area contributed by atoms with Gasteiger partial charge in [-0.25, -0.2) is 4.79 Å². The van der Waals surface area contributed by atoms with Gasteiger partial charge in [-0.15, -0.1) is 0 Å². The lowest BCUT2D eigenvalue weighted by Gasteiger charge is -2.06. The summed E-state index contributed by atoms with van der Waals surface area (Å²) in [5, 5.41) is 0. The first-order valence-electron chi connectivity index (χ1n) is 4.12. The molecule has 0 aliphatic heterocycles. The Bertz CT molecular complexity index is 400. The highest BCUT2D eigenvalue weighted by atomic mass is 32.2. The van der Waals surface area contributed by atoms with E-state index in [4.69, 9.17) is 4.74 Å². The third-order valence-corrected chi connectivity index (χ3v) is 2.23. The molecule has 0 saturated carbocycles. The summed E-state index contributed by atoms with van der Waals surface area (Å²) in [5.41, 5.74) is 0.207. The molecular weight excluding hydrogens is 216 g/mol. The molecule has 0 bridgehead atoms. The first kappa shape index (κ1) is 11.6. The summed E-state index contributed by atoms with van der Waals surface area (Å²) in [7, 11) is 0. The summed E-state index contributed by atoms with van der Waals surface area (Å²) in [6, 6.07) is 5.62. The smallest absolute Gasteiger partial charge is 0.338 e. The van der Waals surface area contributed by atoms with Gasteiger partial charge in [0.05, 0.1) is 5.56 Å². The summed E-state index contributed by atoms with van der Waals surface area (Å²) in [5.74, 6) is -0.567. The Morgan fingerprint density at radius 2 is 2.33 bits per heavy atom. The van der Waals surface area contributed by atoms with Crippen LogP contribution in [-0.2, 0) is 15.8 Å². The lowest BCUT2D eigenvalue weighted by atomic mass is 10.2. The number of carbonyl (C=O) groups excluding carboxylic acids is 1. The minimum atomic E-state index is -2.34. The highest BCUT2D eigenvalue weighted by molar-refractivity contribution is 7.79. The van der Waals surface area contributed by atoms with E-state index in [9.17, 15) is 13.6 Å². The topological polar surface area (TPSA) is 66.4 Å². The van der Waals surface area contributed by atoms with E-state index in [-0.39, 0.29) is 17.1 Å². The highest BCUT2D eigenvalue weighted by Crippen LogP contribution is 2.09. The predicted octanol–water partition coefficient (Wildman–Crippen LogP) is 1.27. The van der Waals surface area contributed by atoms with Crippen molar-refractivity contribution in [1.82, 2.24) is 0 Å². The third-order valence-electron chi connectivity index (χ3n) is 1.59. The third kappa shape index (κ3) is 3.30. The van der Waals surface area contributed by atoms with Crippen LogP contribution in [0.5, 0.6) is 0 Å². The van der Waals surface area contributed by atoms with Crippen molar-refractivity contribution in [2.45, 2.75) is 4.90 Å². The van der Waals surface area contributed by atoms with Crippen molar-refractivity contribution in [2.75, 3.05) is 6.61 Å². The molecule has 1 aromatic carbocycles. The van der Waals surface area contributed by atoms with Gasteiger partial charge in [0.2, 0.25) is 0 Å². The number of carbonyl (C=O) groups is 1. The van der Waals surface area contributed by atoms with Crippen molar-refractivity contribution in [3.05, 3.63) is 42.5 Å². The number of rotatable bonds is 4. The van der Waals surface area contributed by atoms with Gasteiger partial charge < -0.3 is 9.29 Å². The molecule has 0 spiro atoms. The molecule has 0 aliphatic carbocycles. The van der Waals surface area contributed by atoms with Crippen LogP contribution in [0.1, 0.15) is 10.4 Å². The maximum atomic E-state index is 11.3. The van der Waals surface area contributed by atoms with Crippen molar-refractivity contribution in [2.24, 2.45) is 0 Å². The Morgan fingerprint density at radius 3 is 2.93 bits per heavy atom. The van der Waals surface area contributed by atoms with Gasteiger partial charge in [0, 0.05) is 4.90 Å². The molecule has 1 aromatic rings. The van der Waals surface area contributed by atoms with Gasteiger partial charge in [-0.1, -0.05) is 18.7 Å². The summed E-state index contributed by atoms with van der Waals surface area (Å²) >= 11 is -2.34. The average Bonchev–Trinajstić information content (AvgIpc) is 2.26. The largest absolute Gasteiger partial charge is 0.768 e. The van der Waals surface area contributed by atoms with Crippen LogP contribution in [0.3, 0.4) is 0 Å². The summed E-state index contributed by atoms with van der Waals surface area (Å²) in [4.78, 5) is 11.4. The van der Waals surface area contributed by atoms with Crippen LogP contribution in [0.15, 0.2) is 41.8 Å². The fourth-order valence-electron chi connectivity index (χ4n) is 0.945. The Morgan fingerprint density at radius 1 is 1.60 bits per heavy atom. The second kappa shape index (κ2) is 5.43. The standard InChI is InChI=1S/C10H10O4S/c1-2-6-14-10(11)8-4-3-5-9(7-8)15(12)13/h2-5,7H,1,6H2,(H,12,13)/p-1. The van der Waals surface area contributed by atoms with Crippen LogP contribution >= 0.6 is 0 Å². The molecule has 15 heavy (non-hydrogen) atoms. The van der Waals surface area contributed by atoms with Crippen LogP contribution in [0, 0.1) is 0 Å². The fraction of sp³-hybridized carbons (Fsp3) is 0.100. The molecule has 0 aliphatic rings. The van der Waals surface area contributed by atoms with E-state index < -0.39 is 17.0 Å². The molecule has 1 atom stereocenters. The van der Waals surface area contributed by atoms with Crippen LogP contribution in [0.2, 0.25) is 0 Å². The van der Waals surface area contributed by atoms with Crippen LogP contribution in [-0.4, -0.2) is 21.3 Å². The van der Waals surface area contributed by atoms with Crippen LogP contribution in [0.25, 0.3) is 0 Å². The molecule has 0 saturated heterocycles. The maximum absolute atomic E-state index is 11.3. The molecule has 0 N–H and O–H groups in total. The highest BCUT2D eigenvalue weighted by Gasteiger charge is 2.06. The lowest BCUT2D eigenvalue weighted by Crippen LogP contribution is -2.05. The second-order valence-electron chi connectivity index (χ2n) is 2.65. The van der Waals surface area contributed by atoms with E-state index in [1.165, 1.54) is 30.3 Å². The number of hydrogen-bond acceptors (Lipinski definition) is 4. The van der Waals surface area contributed by atoms with E-state index in [1.807, 2.05) is 0 Å². The molecule has 0 fully saturated rings. The van der Waals surface area contributed by atoms with Gasteiger partial charge in [0.25, 0.3) is 0 Å². The van der Waals surface area contributed by atoms with Gasteiger partial charge in [0.1, 0.15) is 6.61 Å². The molecule has 80 valence electrons. The molecule has 5 heteroatoms. The average molecular weight is 225 g/mol. The minimum absolute atomic E-state index is 0.0584. The van der Waals surface area contributed by atoms with E-state index in [1.54, 1.807) is 0 Å². The van der Waals surface area contributed by atoms with Gasteiger partial charge in [-0.3, -0.25) is 4.21 Å². The predicted molar refractivity (Wildman–Crippen MR) is 54.1 cm³/mol. The summed E-state index contributed by atoms with van der Waals surface area (Å²) in [6.45, 7) is 3.50. The summed E-state index contributed by atoms with van der Waals surface area (Å²) < 4.78 is 26.0. The molecule has 4 nitrogen and oxygen atoms in total. The minimum Gasteiger partial charge on any atom is -0.768 e. The zero-order valence-electron chi connectivity index (χ0n) is 7.84. The lowest BCUT2D eigenvalue weighted by molar-refractivity contribution is 0.0549. The number of ether oxygens (including phenoxy) is 1. The van der Waals surface area contributed by atoms with Crippen molar-refractivity contribution >= 4 is 17.0 Å². The van der Waals surface area contributed by atoms with Gasteiger partial charge in [0.15, 0.2) is 0 Å². The van der Waals surface area contributed by atoms with Gasteiger partial charge in [-0.2, -0.15) is 0 Å². The Labute approximate surface area is 89.9 Å². The van der Waals surface area contributed by atoms with E-state index in [0.29, 0.717) is 0 Å². The van der Waals surface area contributed by atoms with E-state index in [2.05, 4.69) is 6.58 Å². The first-order chi connectivity index (χ1) is 7.15. The maximum Gasteiger partial charge on any atom is 0.338 e. The second-order valence-corrected chi connectivity index (χ2v) is 3.59. The molecule has 0 amide bonds. The Balaban J connectivity index is 2.85. The first-order valence-corrected chi connectivity index (χ1v) is 5.20. The van der Waals surface area contributed by atoms with Crippen molar-refractivity contribution in [3.8, 4) is 0 Å². The molecule has 0 aromatic heterocycles.